The first kappa shape index (κ1) is 10.2. The molecule has 4 nitrogen and oxygen atoms in total. The van der Waals surface area contributed by atoms with Gasteiger partial charge in [-0.3, -0.25) is 9.59 Å². The minimum absolute atomic E-state index is 0.0495. The van der Waals surface area contributed by atoms with Gasteiger partial charge in [-0.15, -0.1) is 0 Å². The molecule has 1 atom stereocenters. The summed E-state index contributed by atoms with van der Waals surface area (Å²) in [5, 5.41) is 3.09. The summed E-state index contributed by atoms with van der Waals surface area (Å²) in [7, 11) is 1.30. The number of Topliss-reactive ketones (excluding diaryl/α,β-unsaturated/α-hetero) is 1. The summed E-state index contributed by atoms with van der Waals surface area (Å²) in [5.74, 6) is -0.496. The zero-order chi connectivity index (χ0) is 9.68. The molecule has 0 spiro atoms. The maximum absolute atomic E-state index is 11.4. The topological polar surface area (TPSA) is 55.4 Å². The zero-order valence-corrected chi connectivity index (χ0v) is 7.84. The van der Waals surface area contributed by atoms with Crippen LogP contribution in [0.2, 0.25) is 0 Å². The van der Waals surface area contributed by atoms with Crippen molar-refractivity contribution >= 4 is 11.8 Å². The maximum Gasteiger partial charge on any atom is 0.313 e. The number of hydrogen-bond donors (Lipinski definition) is 1. The van der Waals surface area contributed by atoms with E-state index in [-0.39, 0.29) is 18.2 Å². The normalized spacial score (nSPS) is 22.4. The highest BCUT2D eigenvalue weighted by molar-refractivity contribution is 5.98. The number of rotatable bonds is 3. The second kappa shape index (κ2) is 4.97. The van der Waals surface area contributed by atoms with Crippen molar-refractivity contribution in [1.82, 2.24) is 5.32 Å². The number of ketones is 1. The van der Waals surface area contributed by atoms with Crippen molar-refractivity contribution in [3.8, 4) is 0 Å². The lowest BCUT2D eigenvalue weighted by molar-refractivity contribution is -0.143. The van der Waals surface area contributed by atoms with Gasteiger partial charge in [-0.05, 0) is 19.4 Å². The third kappa shape index (κ3) is 3.14. The van der Waals surface area contributed by atoms with Gasteiger partial charge in [0.25, 0.3) is 0 Å². The van der Waals surface area contributed by atoms with Crippen molar-refractivity contribution in [3.05, 3.63) is 0 Å². The lowest BCUT2D eigenvalue weighted by Crippen LogP contribution is -2.41. The molecule has 74 valence electrons. The Morgan fingerprint density at radius 1 is 1.46 bits per heavy atom. The molecular formula is C9H15NO3. The molecule has 1 aliphatic rings. The molecule has 0 aromatic heterocycles. The highest BCUT2D eigenvalue weighted by Gasteiger charge is 2.22. The van der Waals surface area contributed by atoms with Crippen molar-refractivity contribution < 1.29 is 14.3 Å². The predicted octanol–water partition coefficient (Wildman–Crippen LogP) is 0.261. The van der Waals surface area contributed by atoms with E-state index in [2.05, 4.69) is 10.1 Å². The minimum Gasteiger partial charge on any atom is -0.469 e. The van der Waals surface area contributed by atoms with E-state index in [9.17, 15) is 9.59 Å². The Morgan fingerprint density at radius 3 is 2.77 bits per heavy atom. The van der Waals surface area contributed by atoms with E-state index in [4.69, 9.17) is 0 Å². The van der Waals surface area contributed by atoms with Gasteiger partial charge < -0.3 is 10.1 Å². The standard InChI is InChI=1S/C9H15NO3/c1-13-9(12)6-8(11)7-4-2-3-5-10-7/h7,10H,2-6H2,1H3. The fourth-order valence-electron chi connectivity index (χ4n) is 1.46. The molecule has 0 amide bonds. The van der Waals surface area contributed by atoms with Crippen LogP contribution in [-0.2, 0) is 14.3 Å². The van der Waals surface area contributed by atoms with E-state index < -0.39 is 5.97 Å². The number of piperidine rings is 1. The Hall–Kier alpha value is -0.900. The van der Waals surface area contributed by atoms with E-state index in [0.717, 1.165) is 25.8 Å². The van der Waals surface area contributed by atoms with Crippen LogP contribution < -0.4 is 5.32 Å². The fourth-order valence-corrected chi connectivity index (χ4v) is 1.46. The summed E-state index contributed by atoms with van der Waals surface area (Å²) in [4.78, 5) is 22.2. The van der Waals surface area contributed by atoms with Crippen LogP contribution in [0.15, 0.2) is 0 Å². The summed E-state index contributed by atoms with van der Waals surface area (Å²) in [6.45, 7) is 0.873. The second-order valence-corrected chi connectivity index (χ2v) is 3.22. The summed E-state index contributed by atoms with van der Waals surface area (Å²) in [5.41, 5.74) is 0. The molecule has 1 saturated heterocycles. The molecule has 0 bridgehead atoms. The van der Waals surface area contributed by atoms with Gasteiger partial charge in [0.15, 0.2) is 5.78 Å². The Morgan fingerprint density at radius 2 is 2.23 bits per heavy atom. The van der Waals surface area contributed by atoms with E-state index in [1.54, 1.807) is 0 Å². The summed E-state index contributed by atoms with van der Waals surface area (Å²) in [6.07, 6.45) is 2.91. The first-order chi connectivity index (χ1) is 6.24. The Labute approximate surface area is 77.6 Å². The van der Waals surface area contributed by atoms with Crippen LogP contribution in [0, 0.1) is 0 Å². The highest BCUT2D eigenvalue weighted by Crippen LogP contribution is 2.09. The number of esters is 1. The van der Waals surface area contributed by atoms with Crippen LogP contribution in [0.1, 0.15) is 25.7 Å². The maximum atomic E-state index is 11.4. The molecule has 1 heterocycles. The second-order valence-electron chi connectivity index (χ2n) is 3.22. The molecular weight excluding hydrogens is 170 g/mol. The van der Waals surface area contributed by atoms with Crippen LogP contribution in [0.4, 0.5) is 0 Å². The molecule has 0 aromatic carbocycles. The lowest BCUT2D eigenvalue weighted by atomic mass is 9.99. The van der Waals surface area contributed by atoms with Gasteiger partial charge in [-0.25, -0.2) is 0 Å². The minimum atomic E-state index is -0.447. The van der Waals surface area contributed by atoms with Crippen molar-refractivity contribution in [1.29, 1.82) is 0 Å². The molecule has 1 N–H and O–H groups in total. The number of hydrogen-bond acceptors (Lipinski definition) is 4. The van der Waals surface area contributed by atoms with E-state index in [0.29, 0.717) is 0 Å². The van der Waals surface area contributed by atoms with Crippen LogP contribution in [0.3, 0.4) is 0 Å². The quantitative estimate of drug-likeness (QED) is 0.506. The Kier molecular flexibility index (Phi) is 3.89. The smallest absolute Gasteiger partial charge is 0.313 e. The molecule has 4 heteroatoms. The van der Waals surface area contributed by atoms with Crippen molar-refractivity contribution in [2.75, 3.05) is 13.7 Å². The SMILES string of the molecule is COC(=O)CC(=O)C1CCCCN1. The third-order valence-electron chi connectivity index (χ3n) is 2.25. The monoisotopic (exact) mass is 185 g/mol. The van der Waals surface area contributed by atoms with Crippen LogP contribution in [0.5, 0.6) is 0 Å². The third-order valence-corrected chi connectivity index (χ3v) is 2.25. The Balaban J connectivity index is 2.33. The summed E-state index contributed by atoms with van der Waals surface area (Å²) < 4.78 is 4.42. The van der Waals surface area contributed by atoms with Crippen LogP contribution in [0.25, 0.3) is 0 Å². The van der Waals surface area contributed by atoms with Gasteiger partial charge in [-0.2, -0.15) is 0 Å². The summed E-state index contributed by atoms with van der Waals surface area (Å²) in [6, 6.07) is -0.132. The van der Waals surface area contributed by atoms with Gasteiger partial charge >= 0.3 is 5.97 Å². The zero-order valence-electron chi connectivity index (χ0n) is 7.84. The molecule has 1 unspecified atom stereocenters. The molecule has 1 fully saturated rings. The molecule has 0 saturated carbocycles. The number of carbonyl (C=O) groups excluding carboxylic acids is 2. The fraction of sp³-hybridized carbons (Fsp3) is 0.778. The van der Waals surface area contributed by atoms with Crippen molar-refractivity contribution in [2.24, 2.45) is 0 Å². The van der Waals surface area contributed by atoms with E-state index in [1.165, 1.54) is 7.11 Å². The first-order valence-corrected chi connectivity index (χ1v) is 4.57. The highest BCUT2D eigenvalue weighted by atomic mass is 16.5. The van der Waals surface area contributed by atoms with E-state index >= 15 is 0 Å². The van der Waals surface area contributed by atoms with Gasteiger partial charge in [-0.1, -0.05) is 6.42 Å². The van der Waals surface area contributed by atoms with Gasteiger partial charge in [0.05, 0.1) is 13.2 Å². The average molecular weight is 185 g/mol. The Bertz CT molecular complexity index is 197. The number of methoxy groups -OCH3 is 1. The van der Waals surface area contributed by atoms with E-state index in [1.807, 2.05) is 0 Å². The van der Waals surface area contributed by atoms with Crippen LogP contribution in [-0.4, -0.2) is 31.4 Å². The molecule has 0 aliphatic carbocycles. The van der Waals surface area contributed by atoms with Crippen LogP contribution >= 0.6 is 0 Å². The molecule has 1 rings (SSSR count). The number of carbonyl (C=O) groups is 2. The van der Waals surface area contributed by atoms with Gasteiger partial charge in [0.1, 0.15) is 6.42 Å². The number of ether oxygens (including phenoxy) is 1. The molecule has 1 aliphatic heterocycles. The van der Waals surface area contributed by atoms with Crippen molar-refractivity contribution in [3.63, 3.8) is 0 Å². The number of nitrogens with one attached hydrogen (secondary N) is 1. The van der Waals surface area contributed by atoms with Crippen molar-refractivity contribution in [2.45, 2.75) is 31.7 Å². The van der Waals surface area contributed by atoms with Gasteiger partial charge in [0, 0.05) is 0 Å². The molecule has 13 heavy (non-hydrogen) atoms. The lowest BCUT2D eigenvalue weighted by Gasteiger charge is -2.21. The largest absolute Gasteiger partial charge is 0.469 e. The predicted molar refractivity (Wildman–Crippen MR) is 47.3 cm³/mol. The first-order valence-electron chi connectivity index (χ1n) is 4.57. The average Bonchev–Trinajstić information content (AvgIpc) is 2.19. The molecule has 0 radical (unpaired) electrons. The van der Waals surface area contributed by atoms with Gasteiger partial charge in [0.2, 0.25) is 0 Å². The summed E-state index contributed by atoms with van der Waals surface area (Å²) >= 11 is 0. The molecule has 0 aromatic rings.